The lowest BCUT2D eigenvalue weighted by atomic mass is 9.83. The van der Waals surface area contributed by atoms with E-state index in [0.717, 1.165) is 51.9 Å². The average molecular weight is 296 g/mol. The van der Waals surface area contributed by atoms with Crippen molar-refractivity contribution in [3.8, 4) is 0 Å². The van der Waals surface area contributed by atoms with Crippen molar-refractivity contribution in [1.82, 2.24) is 15.1 Å². The molecule has 0 aromatic heterocycles. The summed E-state index contributed by atoms with van der Waals surface area (Å²) in [4.78, 5) is 17.0. The minimum Gasteiger partial charge on any atom is -0.368 e. The highest BCUT2D eigenvalue weighted by atomic mass is 16.1. The summed E-state index contributed by atoms with van der Waals surface area (Å²) in [5.74, 6) is 0.249. The maximum absolute atomic E-state index is 12.0. The Morgan fingerprint density at radius 1 is 1.29 bits per heavy atom. The Morgan fingerprint density at radius 2 is 2.10 bits per heavy atom. The SMILES string of the molecule is CCNC1(C(N)=O)CCCC1CCN1CCCN(C)CC1. The van der Waals surface area contributed by atoms with E-state index in [9.17, 15) is 4.79 Å². The summed E-state index contributed by atoms with van der Waals surface area (Å²) in [6.45, 7) is 8.65. The summed E-state index contributed by atoms with van der Waals surface area (Å²) >= 11 is 0. The quantitative estimate of drug-likeness (QED) is 0.755. The predicted molar refractivity (Wildman–Crippen MR) is 86.1 cm³/mol. The van der Waals surface area contributed by atoms with Gasteiger partial charge in [0, 0.05) is 13.1 Å². The molecule has 2 aliphatic rings. The number of primary amides is 1. The molecular weight excluding hydrogens is 264 g/mol. The molecule has 1 aliphatic heterocycles. The zero-order valence-electron chi connectivity index (χ0n) is 13.7. The van der Waals surface area contributed by atoms with Gasteiger partial charge in [-0.2, -0.15) is 0 Å². The van der Waals surface area contributed by atoms with Gasteiger partial charge >= 0.3 is 0 Å². The van der Waals surface area contributed by atoms with Crippen molar-refractivity contribution in [1.29, 1.82) is 0 Å². The summed E-state index contributed by atoms with van der Waals surface area (Å²) in [5, 5.41) is 3.41. The number of amides is 1. The molecule has 2 atom stereocenters. The first-order chi connectivity index (χ1) is 10.1. The van der Waals surface area contributed by atoms with Crippen LogP contribution in [0.25, 0.3) is 0 Å². The Hall–Kier alpha value is -0.650. The molecule has 0 aromatic carbocycles. The molecule has 0 spiro atoms. The van der Waals surface area contributed by atoms with Crippen LogP contribution in [0.15, 0.2) is 0 Å². The highest BCUT2D eigenvalue weighted by molar-refractivity contribution is 5.85. The predicted octanol–water partition coefficient (Wildman–Crippen LogP) is 0.648. The minimum absolute atomic E-state index is 0.151. The van der Waals surface area contributed by atoms with Crippen LogP contribution in [0.3, 0.4) is 0 Å². The standard InChI is InChI=1S/C16H32N4O/c1-3-18-16(15(17)21)8-4-6-14(16)7-11-20-10-5-9-19(2)12-13-20/h14,18H,3-13H2,1-2H3,(H2,17,21). The van der Waals surface area contributed by atoms with Crippen molar-refractivity contribution >= 4 is 5.91 Å². The van der Waals surface area contributed by atoms with Crippen molar-refractivity contribution in [2.24, 2.45) is 11.7 Å². The molecule has 3 N–H and O–H groups in total. The maximum Gasteiger partial charge on any atom is 0.238 e. The van der Waals surface area contributed by atoms with Crippen molar-refractivity contribution in [3.63, 3.8) is 0 Å². The fraction of sp³-hybridized carbons (Fsp3) is 0.938. The second kappa shape index (κ2) is 7.56. The number of carbonyl (C=O) groups excluding carboxylic acids is 1. The first kappa shape index (κ1) is 16.7. The van der Waals surface area contributed by atoms with E-state index in [1.165, 1.54) is 19.5 Å². The van der Waals surface area contributed by atoms with Crippen LogP contribution in [0.5, 0.6) is 0 Å². The summed E-state index contributed by atoms with van der Waals surface area (Å²) < 4.78 is 0. The molecule has 0 radical (unpaired) electrons. The molecular formula is C16H32N4O. The van der Waals surface area contributed by atoms with Gasteiger partial charge in [0.1, 0.15) is 5.54 Å². The van der Waals surface area contributed by atoms with Crippen LogP contribution < -0.4 is 11.1 Å². The fourth-order valence-corrected chi connectivity index (χ4v) is 4.09. The van der Waals surface area contributed by atoms with Gasteiger partial charge in [-0.15, -0.1) is 0 Å². The van der Waals surface area contributed by atoms with Gasteiger partial charge in [-0.25, -0.2) is 0 Å². The van der Waals surface area contributed by atoms with E-state index in [4.69, 9.17) is 5.73 Å². The van der Waals surface area contributed by atoms with Gasteiger partial charge in [0.15, 0.2) is 0 Å². The summed E-state index contributed by atoms with van der Waals surface area (Å²) in [5.41, 5.74) is 5.29. The molecule has 0 bridgehead atoms. The maximum atomic E-state index is 12.0. The van der Waals surface area contributed by atoms with Crippen LogP contribution in [-0.4, -0.2) is 67.6 Å². The molecule has 2 rings (SSSR count). The van der Waals surface area contributed by atoms with Gasteiger partial charge in [0.05, 0.1) is 0 Å². The van der Waals surface area contributed by atoms with Crippen molar-refractivity contribution in [2.45, 2.75) is 44.6 Å². The van der Waals surface area contributed by atoms with Crippen LogP contribution in [-0.2, 0) is 4.79 Å². The van der Waals surface area contributed by atoms with E-state index in [2.05, 4.69) is 29.1 Å². The van der Waals surface area contributed by atoms with Crippen LogP contribution >= 0.6 is 0 Å². The van der Waals surface area contributed by atoms with E-state index < -0.39 is 5.54 Å². The average Bonchev–Trinajstić information content (AvgIpc) is 2.74. The number of hydrogen-bond donors (Lipinski definition) is 2. The Balaban J connectivity index is 1.90. The Bertz CT molecular complexity index is 349. The van der Waals surface area contributed by atoms with Gasteiger partial charge in [0.25, 0.3) is 0 Å². The molecule has 2 fully saturated rings. The molecule has 2 unspecified atom stereocenters. The van der Waals surface area contributed by atoms with Gasteiger partial charge < -0.3 is 20.9 Å². The number of likely N-dealkylation sites (N-methyl/N-ethyl adjacent to an activating group) is 2. The second-order valence-corrected chi connectivity index (χ2v) is 6.74. The molecule has 1 saturated heterocycles. The molecule has 122 valence electrons. The lowest BCUT2D eigenvalue weighted by Gasteiger charge is -2.34. The number of nitrogens with two attached hydrogens (primary N) is 1. The van der Waals surface area contributed by atoms with Crippen molar-refractivity contribution in [2.75, 3.05) is 46.3 Å². The van der Waals surface area contributed by atoms with Gasteiger partial charge in [0.2, 0.25) is 5.91 Å². The third-order valence-corrected chi connectivity index (χ3v) is 5.36. The van der Waals surface area contributed by atoms with Crippen molar-refractivity contribution in [3.05, 3.63) is 0 Å². The van der Waals surface area contributed by atoms with Crippen LogP contribution in [0.4, 0.5) is 0 Å². The van der Waals surface area contributed by atoms with E-state index in [-0.39, 0.29) is 5.91 Å². The summed E-state index contributed by atoms with van der Waals surface area (Å²) in [7, 11) is 2.20. The molecule has 5 heteroatoms. The Labute approximate surface area is 129 Å². The van der Waals surface area contributed by atoms with Gasteiger partial charge in [-0.1, -0.05) is 13.3 Å². The van der Waals surface area contributed by atoms with E-state index in [1.54, 1.807) is 0 Å². The number of nitrogens with one attached hydrogen (secondary N) is 1. The highest BCUT2D eigenvalue weighted by Crippen LogP contribution is 2.38. The largest absolute Gasteiger partial charge is 0.368 e. The highest BCUT2D eigenvalue weighted by Gasteiger charge is 2.46. The normalized spacial score (nSPS) is 32.2. The third kappa shape index (κ3) is 3.96. The fourth-order valence-electron chi connectivity index (χ4n) is 4.09. The molecule has 1 saturated carbocycles. The molecule has 1 heterocycles. The third-order valence-electron chi connectivity index (χ3n) is 5.36. The van der Waals surface area contributed by atoms with E-state index >= 15 is 0 Å². The minimum atomic E-state index is -0.447. The number of hydrogen-bond acceptors (Lipinski definition) is 4. The second-order valence-electron chi connectivity index (χ2n) is 6.74. The zero-order chi connectivity index (χ0) is 15.3. The van der Waals surface area contributed by atoms with Gasteiger partial charge in [-0.3, -0.25) is 4.79 Å². The van der Waals surface area contributed by atoms with Crippen LogP contribution in [0, 0.1) is 5.92 Å². The Morgan fingerprint density at radius 3 is 2.81 bits per heavy atom. The van der Waals surface area contributed by atoms with E-state index in [0.29, 0.717) is 5.92 Å². The molecule has 5 nitrogen and oxygen atoms in total. The van der Waals surface area contributed by atoms with E-state index in [1.807, 2.05) is 0 Å². The lowest BCUT2D eigenvalue weighted by molar-refractivity contribution is -0.126. The monoisotopic (exact) mass is 296 g/mol. The number of rotatable bonds is 6. The molecule has 1 amide bonds. The summed E-state index contributed by atoms with van der Waals surface area (Å²) in [6, 6.07) is 0. The number of nitrogens with zero attached hydrogens (tertiary/aromatic N) is 2. The smallest absolute Gasteiger partial charge is 0.238 e. The Kier molecular flexibility index (Phi) is 6.02. The molecule has 0 aromatic rings. The first-order valence-corrected chi connectivity index (χ1v) is 8.54. The molecule has 1 aliphatic carbocycles. The lowest BCUT2D eigenvalue weighted by Crippen LogP contribution is -2.58. The number of carbonyl (C=O) groups is 1. The topological polar surface area (TPSA) is 61.6 Å². The van der Waals surface area contributed by atoms with Crippen molar-refractivity contribution < 1.29 is 4.79 Å². The first-order valence-electron chi connectivity index (χ1n) is 8.54. The molecule has 21 heavy (non-hydrogen) atoms. The van der Waals surface area contributed by atoms with Crippen LogP contribution in [0.1, 0.15) is 39.0 Å². The van der Waals surface area contributed by atoms with Gasteiger partial charge in [-0.05, 0) is 64.8 Å². The summed E-state index contributed by atoms with van der Waals surface area (Å²) in [6.07, 6.45) is 5.48. The zero-order valence-corrected chi connectivity index (χ0v) is 13.7. The van der Waals surface area contributed by atoms with Crippen LogP contribution in [0.2, 0.25) is 0 Å².